The smallest absolute Gasteiger partial charge is 0.359 e. The van der Waals surface area contributed by atoms with Crippen LogP contribution in [-0.4, -0.2) is 23.3 Å². The first-order chi connectivity index (χ1) is 9.69. The predicted octanol–water partition coefficient (Wildman–Crippen LogP) is 1.69. The van der Waals surface area contributed by atoms with Crippen molar-refractivity contribution in [3.63, 3.8) is 0 Å². The van der Waals surface area contributed by atoms with Crippen molar-refractivity contribution in [3.05, 3.63) is 35.7 Å². The Labute approximate surface area is 114 Å². The Hall–Kier alpha value is -3.32. The van der Waals surface area contributed by atoms with Crippen molar-refractivity contribution in [2.75, 3.05) is 12.4 Å². The van der Waals surface area contributed by atoms with Gasteiger partial charge in [0.1, 0.15) is 17.7 Å². The van der Waals surface area contributed by atoms with Gasteiger partial charge in [0.05, 0.1) is 12.6 Å². The second-order valence-corrected chi connectivity index (χ2v) is 3.75. The van der Waals surface area contributed by atoms with Gasteiger partial charge in [0.25, 0.3) is 0 Å². The van der Waals surface area contributed by atoms with Gasteiger partial charge in [-0.3, -0.25) is 5.10 Å². The fraction of sp³-hybridized carbons (Fsp3) is 0.0769. The Morgan fingerprint density at radius 2 is 2.20 bits per heavy atom. The summed E-state index contributed by atoms with van der Waals surface area (Å²) in [7, 11) is 1.28. The minimum absolute atomic E-state index is 0.0505. The summed E-state index contributed by atoms with van der Waals surface area (Å²) in [4.78, 5) is 11.5. The van der Waals surface area contributed by atoms with Crippen LogP contribution in [0.1, 0.15) is 10.5 Å². The van der Waals surface area contributed by atoms with Gasteiger partial charge in [-0.1, -0.05) is 0 Å². The Kier molecular flexibility index (Phi) is 3.64. The SMILES string of the molecule is COC(=O)c1n[nH]c2ccc(NC=C(C#N)C#N)cc12. The van der Waals surface area contributed by atoms with Crippen LogP contribution in [0.5, 0.6) is 0 Å². The fourth-order valence-corrected chi connectivity index (χ4v) is 1.60. The van der Waals surface area contributed by atoms with Gasteiger partial charge in [-0.15, -0.1) is 0 Å². The van der Waals surface area contributed by atoms with E-state index in [1.807, 2.05) is 0 Å². The second kappa shape index (κ2) is 5.55. The van der Waals surface area contributed by atoms with Crippen LogP contribution >= 0.6 is 0 Å². The molecule has 2 N–H and O–H groups in total. The number of hydrogen-bond acceptors (Lipinski definition) is 6. The summed E-state index contributed by atoms with van der Waals surface area (Å²) in [6.07, 6.45) is 1.29. The van der Waals surface area contributed by atoms with Crippen molar-refractivity contribution in [2.45, 2.75) is 0 Å². The lowest BCUT2D eigenvalue weighted by atomic mass is 10.2. The number of nitriles is 2. The number of aromatic amines is 1. The molecule has 0 bridgehead atoms. The Bertz CT molecular complexity index is 760. The Morgan fingerprint density at radius 1 is 1.45 bits per heavy atom. The molecule has 20 heavy (non-hydrogen) atoms. The van der Waals surface area contributed by atoms with Gasteiger partial charge >= 0.3 is 5.97 Å². The average Bonchev–Trinajstić information content (AvgIpc) is 2.90. The van der Waals surface area contributed by atoms with E-state index in [1.54, 1.807) is 30.3 Å². The summed E-state index contributed by atoms with van der Waals surface area (Å²) in [5.74, 6) is -0.543. The van der Waals surface area contributed by atoms with E-state index in [0.717, 1.165) is 0 Å². The molecular formula is C13H9N5O2. The number of nitrogens with one attached hydrogen (secondary N) is 2. The van der Waals surface area contributed by atoms with E-state index in [4.69, 9.17) is 10.5 Å². The molecule has 0 fully saturated rings. The van der Waals surface area contributed by atoms with Gasteiger partial charge in [-0.05, 0) is 18.2 Å². The molecule has 7 heteroatoms. The summed E-state index contributed by atoms with van der Waals surface area (Å²) in [5, 5.41) is 27.3. The second-order valence-electron chi connectivity index (χ2n) is 3.75. The maximum Gasteiger partial charge on any atom is 0.359 e. The Morgan fingerprint density at radius 3 is 2.85 bits per heavy atom. The number of aromatic nitrogens is 2. The van der Waals surface area contributed by atoms with Crippen LogP contribution in [0.3, 0.4) is 0 Å². The van der Waals surface area contributed by atoms with Crippen LogP contribution in [-0.2, 0) is 4.74 Å². The summed E-state index contributed by atoms with van der Waals surface area (Å²) < 4.78 is 4.64. The first-order valence-electron chi connectivity index (χ1n) is 5.53. The zero-order valence-corrected chi connectivity index (χ0v) is 10.5. The van der Waals surface area contributed by atoms with E-state index >= 15 is 0 Å². The molecule has 0 radical (unpaired) electrons. The van der Waals surface area contributed by atoms with Crippen molar-refractivity contribution in [1.29, 1.82) is 10.5 Å². The van der Waals surface area contributed by atoms with Crippen molar-refractivity contribution in [3.8, 4) is 12.1 Å². The monoisotopic (exact) mass is 267 g/mol. The number of fused-ring (bicyclic) bond motifs is 1. The lowest BCUT2D eigenvalue weighted by Crippen LogP contribution is -2.02. The van der Waals surface area contributed by atoms with Gasteiger partial charge in [0, 0.05) is 17.3 Å². The van der Waals surface area contributed by atoms with Gasteiger partial charge in [-0.25, -0.2) is 4.79 Å². The summed E-state index contributed by atoms with van der Waals surface area (Å²) in [6.45, 7) is 0. The van der Waals surface area contributed by atoms with Crippen molar-refractivity contribution < 1.29 is 9.53 Å². The zero-order valence-electron chi connectivity index (χ0n) is 10.5. The van der Waals surface area contributed by atoms with E-state index in [9.17, 15) is 4.79 Å². The number of rotatable bonds is 3. The number of carbonyl (C=O) groups excluding carboxylic acids is 1. The number of carbonyl (C=O) groups is 1. The number of esters is 1. The van der Waals surface area contributed by atoms with E-state index in [0.29, 0.717) is 16.6 Å². The molecule has 0 saturated carbocycles. The minimum Gasteiger partial charge on any atom is -0.464 e. The van der Waals surface area contributed by atoms with Crippen LogP contribution < -0.4 is 5.32 Å². The van der Waals surface area contributed by atoms with Crippen LogP contribution in [0.15, 0.2) is 30.0 Å². The van der Waals surface area contributed by atoms with Gasteiger partial charge in [0.2, 0.25) is 0 Å². The highest BCUT2D eigenvalue weighted by Gasteiger charge is 2.14. The first-order valence-corrected chi connectivity index (χ1v) is 5.53. The highest BCUT2D eigenvalue weighted by atomic mass is 16.5. The molecule has 0 unspecified atom stereocenters. The van der Waals surface area contributed by atoms with E-state index in [-0.39, 0.29) is 11.3 Å². The van der Waals surface area contributed by atoms with E-state index in [2.05, 4.69) is 20.3 Å². The third-order valence-electron chi connectivity index (χ3n) is 2.57. The number of methoxy groups -OCH3 is 1. The standard InChI is InChI=1S/C13H9N5O2/c1-20-13(19)12-10-4-9(2-3-11(10)17-18-12)16-7-8(5-14)6-15/h2-4,7,16H,1H3,(H,17,18). The predicted molar refractivity (Wildman–Crippen MR) is 70.4 cm³/mol. The lowest BCUT2D eigenvalue weighted by molar-refractivity contribution is 0.0596. The van der Waals surface area contributed by atoms with Gasteiger partial charge in [-0.2, -0.15) is 15.6 Å². The van der Waals surface area contributed by atoms with Crippen molar-refractivity contribution in [1.82, 2.24) is 10.2 Å². The summed E-state index contributed by atoms with van der Waals surface area (Å²) in [6, 6.07) is 8.60. The molecule has 0 saturated heterocycles. The number of H-pyrrole nitrogens is 1. The number of benzene rings is 1. The molecule has 0 aliphatic carbocycles. The van der Waals surface area contributed by atoms with Crippen LogP contribution in [0.4, 0.5) is 5.69 Å². The molecule has 1 aromatic heterocycles. The van der Waals surface area contributed by atoms with Crippen molar-refractivity contribution in [2.24, 2.45) is 0 Å². The molecule has 1 heterocycles. The average molecular weight is 267 g/mol. The number of ether oxygens (including phenoxy) is 1. The molecule has 0 atom stereocenters. The number of anilines is 1. The molecular weight excluding hydrogens is 258 g/mol. The summed E-state index contributed by atoms with van der Waals surface area (Å²) in [5.41, 5.74) is 1.43. The van der Waals surface area contributed by atoms with Crippen molar-refractivity contribution >= 4 is 22.6 Å². The van der Waals surface area contributed by atoms with Crippen LogP contribution in [0.2, 0.25) is 0 Å². The molecule has 7 nitrogen and oxygen atoms in total. The molecule has 0 aliphatic rings. The van der Waals surface area contributed by atoms with E-state index in [1.165, 1.54) is 13.3 Å². The maximum atomic E-state index is 11.5. The Balaban J connectivity index is 2.38. The highest BCUT2D eigenvalue weighted by Crippen LogP contribution is 2.21. The fourth-order valence-electron chi connectivity index (χ4n) is 1.60. The quantitative estimate of drug-likeness (QED) is 0.646. The van der Waals surface area contributed by atoms with Crippen LogP contribution in [0, 0.1) is 22.7 Å². The van der Waals surface area contributed by atoms with Gasteiger partial charge in [0.15, 0.2) is 5.69 Å². The lowest BCUT2D eigenvalue weighted by Gasteiger charge is -2.01. The minimum atomic E-state index is -0.543. The molecule has 2 rings (SSSR count). The third kappa shape index (κ3) is 2.42. The molecule has 2 aromatic rings. The van der Waals surface area contributed by atoms with Crippen LogP contribution in [0.25, 0.3) is 10.9 Å². The first kappa shape index (κ1) is 13.1. The molecule has 98 valence electrons. The number of allylic oxidation sites excluding steroid dienone is 1. The largest absolute Gasteiger partial charge is 0.464 e. The van der Waals surface area contributed by atoms with E-state index < -0.39 is 5.97 Å². The topological polar surface area (TPSA) is 115 Å². The number of hydrogen-bond donors (Lipinski definition) is 2. The maximum absolute atomic E-state index is 11.5. The zero-order chi connectivity index (χ0) is 14.5. The molecule has 0 spiro atoms. The van der Waals surface area contributed by atoms with Gasteiger partial charge < -0.3 is 10.1 Å². The number of nitrogens with zero attached hydrogens (tertiary/aromatic N) is 3. The molecule has 0 amide bonds. The summed E-state index contributed by atoms with van der Waals surface area (Å²) >= 11 is 0. The third-order valence-corrected chi connectivity index (χ3v) is 2.57. The normalized spacial score (nSPS) is 9.35. The molecule has 1 aromatic carbocycles. The highest BCUT2D eigenvalue weighted by molar-refractivity contribution is 6.02. The molecule has 0 aliphatic heterocycles.